The predicted octanol–water partition coefficient (Wildman–Crippen LogP) is 4.28. The number of hydrogen-bond donors (Lipinski definition) is 1. The van der Waals surface area contributed by atoms with E-state index >= 15 is 0 Å². The largest absolute Gasteiger partial charge is 0.497 e. The number of benzene rings is 2. The number of carbonyl (C=O) groups is 2. The molecule has 8 nitrogen and oxygen atoms in total. The Morgan fingerprint density at radius 3 is 2.68 bits per heavy atom. The van der Waals surface area contributed by atoms with Gasteiger partial charge in [-0.2, -0.15) is 5.10 Å². The number of anilines is 1. The molecule has 4 rings (SSSR count). The van der Waals surface area contributed by atoms with Gasteiger partial charge in [0.1, 0.15) is 5.75 Å². The summed E-state index contributed by atoms with van der Waals surface area (Å²) < 4.78 is 10.5. The van der Waals surface area contributed by atoms with Gasteiger partial charge in [-0.15, -0.1) is 17.9 Å². The summed E-state index contributed by atoms with van der Waals surface area (Å²) in [7, 11) is 1.60. The van der Waals surface area contributed by atoms with Gasteiger partial charge in [-0.05, 0) is 23.3 Å². The molecule has 9 heteroatoms. The van der Waals surface area contributed by atoms with Crippen LogP contribution in [0, 0.1) is 0 Å². The second kappa shape index (κ2) is 10.8. The second-order valence-electron chi connectivity index (χ2n) is 7.43. The molecule has 34 heavy (non-hydrogen) atoms. The van der Waals surface area contributed by atoms with Crippen molar-refractivity contribution in [2.24, 2.45) is 5.10 Å². The molecular weight excluding hydrogens is 452 g/mol. The highest BCUT2D eigenvalue weighted by atomic mass is 32.1. The lowest BCUT2D eigenvalue weighted by Gasteiger charge is -2.22. The third-order valence-corrected chi connectivity index (χ3v) is 6.01. The van der Waals surface area contributed by atoms with Crippen molar-refractivity contribution < 1.29 is 19.1 Å². The van der Waals surface area contributed by atoms with Crippen LogP contribution in [0.15, 0.2) is 77.7 Å². The summed E-state index contributed by atoms with van der Waals surface area (Å²) in [6.07, 6.45) is 2.23. The van der Waals surface area contributed by atoms with Crippen LogP contribution in [0.2, 0.25) is 0 Å². The van der Waals surface area contributed by atoms with Gasteiger partial charge >= 0.3 is 5.97 Å². The lowest BCUT2D eigenvalue weighted by molar-refractivity contribution is -0.136. The van der Waals surface area contributed by atoms with Crippen molar-refractivity contribution in [2.75, 3.05) is 25.6 Å². The molecule has 1 aromatic heterocycles. The average molecular weight is 477 g/mol. The van der Waals surface area contributed by atoms with E-state index in [2.05, 4.69) is 22.0 Å². The number of hydrogen-bond acceptors (Lipinski definition) is 8. The van der Waals surface area contributed by atoms with Gasteiger partial charge in [0.25, 0.3) is 5.91 Å². The fraction of sp³-hybridized carbons (Fsp3) is 0.200. The molecule has 0 aliphatic carbocycles. The number of ether oxygens (including phenoxy) is 2. The van der Waals surface area contributed by atoms with Crippen molar-refractivity contribution in [3.05, 3.63) is 89.5 Å². The number of nitrogens with zero attached hydrogens (tertiary/aromatic N) is 3. The Labute approximate surface area is 201 Å². The minimum absolute atomic E-state index is 0.144. The van der Waals surface area contributed by atoms with Gasteiger partial charge in [0, 0.05) is 18.3 Å². The first-order chi connectivity index (χ1) is 16.6. The van der Waals surface area contributed by atoms with Crippen molar-refractivity contribution >= 4 is 34.1 Å². The van der Waals surface area contributed by atoms with E-state index in [0.717, 1.165) is 22.6 Å². The van der Waals surface area contributed by atoms with E-state index in [0.29, 0.717) is 18.1 Å². The maximum atomic E-state index is 13.1. The number of hydrazone groups is 1. The van der Waals surface area contributed by atoms with Crippen molar-refractivity contribution in [3.8, 4) is 5.75 Å². The second-order valence-corrected chi connectivity index (χ2v) is 8.29. The Morgan fingerprint density at radius 2 is 1.97 bits per heavy atom. The molecule has 0 saturated carbocycles. The molecule has 0 radical (unpaired) electrons. The third kappa shape index (κ3) is 5.32. The van der Waals surface area contributed by atoms with E-state index in [1.54, 1.807) is 18.6 Å². The zero-order chi connectivity index (χ0) is 23.9. The van der Waals surface area contributed by atoms with Gasteiger partial charge in [0.05, 0.1) is 18.9 Å². The average Bonchev–Trinajstić information content (AvgIpc) is 3.54. The van der Waals surface area contributed by atoms with Crippen LogP contribution in [-0.4, -0.2) is 47.8 Å². The molecule has 1 N–H and O–H groups in total. The smallest absolute Gasteiger partial charge is 0.358 e. The lowest BCUT2D eigenvalue weighted by Crippen LogP contribution is -2.31. The zero-order valence-electron chi connectivity index (χ0n) is 18.6. The van der Waals surface area contributed by atoms with Crippen LogP contribution in [0.25, 0.3) is 0 Å². The van der Waals surface area contributed by atoms with Crippen LogP contribution in [0.1, 0.15) is 34.1 Å². The molecule has 0 unspecified atom stereocenters. The Hall–Kier alpha value is -3.98. The fourth-order valence-corrected chi connectivity index (χ4v) is 4.20. The number of methoxy groups -OCH3 is 1. The third-order valence-electron chi connectivity index (χ3n) is 5.21. The summed E-state index contributed by atoms with van der Waals surface area (Å²) in [6, 6.07) is 16.9. The summed E-state index contributed by atoms with van der Waals surface area (Å²) in [5.41, 5.74) is 2.78. The van der Waals surface area contributed by atoms with Gasteiger partial charge in [-0.1, -0.05) is 48.5 Å². The van der Waals surface area contributed by atoms with E-state index in [9.17, 15) is 9.59 Å². The highest BCUT2D eigenvalue weighted by Crippen LogP contribution is 2.33. The molecule has 0 bridgehead atoms. The first kappa shape index (κ1) is 23.2. The highest BCUT2D eigenvalue weighted by Gasteiger charge is 2.33. The molecule has 2 heterocycles. The highest BCUT2D eigenvalue weighted by molar-refractivity contribution is 7.13. The fourth-order valence-electron chi connectivity index (χ4n) is 3.51. The Kier molecular flexibility index (Phi) is 7.34. The number of rotatable bonds is 9. The number of thiazole rings is 1. The van der Waals surface area contributed by atoms with E-state index in [1.807, 2.05) is 54.6 Å². The summed E-state index contributed by atoms with van der Waals surface area (Å²) in [4.78, 5) is 29.7. The van der Waals surface area contributed by atoms with Crippen LogP contribution in [0.5, 0.6) is 5.75 Å². The van der Waals surface area contributed by atoms with E-state index in [1.165, 1.54) is 16.3 Å². The van der Waals surface area contributed by atoms with Crippen LogP contribution in [-0.2, 0) is 9.53 Å². The van der Waals surface area contributed by atoms with Gasteiger partial charge in [-0.3, -0.25) is 4.79 Å². The van der Waals surface area contributed by atoms with Gasteiger partial charge in [0.2, 0.25) is 0 Å². The first-order valence-electron chi connectivity index (χ1n) is 10.7. The summed E-state index contributed by atoms with van der Waals surface area (Å²) in [6.45, 7) is 3.72. The minimum Gasteiger partial charge on any atom is -0.497 e. The molecule has 174 valence electrons. The molecule has 3 aromatic rings. The maximum Gasteiger partial charge on any atom is 0.358 e. The normalized spacial score (nSPS) is 14.9. The van der Waals surface area contributed by atoms with Crippen molar-refractivity contribution in [1.29, 1.82) is 0 Å². The monoisotopic (exact) mass is 476 g/mol. The Balaban J connectivity index is 1.48. The summed E-state index contributed by atoms with van der Waals surface area (Å²) in [5.74, 6) is -0.355. The van der Waals surface area contributed by atoms with Crippen molar-refractivity contribution in [1.82, 2.24) is 9.99 Å². The van der Waals surface area contributed by atoms with Crippen LogP contribution >= 0.6 is 11.3 Å². The Morgan fingerprint density at radius 1 is 1.21 bits per heavy atom. The van der Waals surface area contributed by atoms with Crippen LogP contribution in [0.3, 0.4) is 0 Å². The van der Waals surface area contributed by atoms with E-state index in [4.69, 9.17) is 9.47 Å². The summed E-state index contributed by atoms with van der Waals surface area (Å²) in [5, 5.41) is 11.2. The SMILES string of the molecule is C=CCNc1nc(C(=O)OCC(=O)N2N=C(c3ccccc3)C[C@@H]2c2ccc(OC)cc2)cs1. The first-order valence-corrected chi connectivity index (χ1v) is 11.5. The number of aromatic nitrogens is 1. The predicted molar refractivity (Wildman–Crippen MR) is 131 cm³/mol. The molecule has 2 aromatic carbocycles. The molecular formula is C25H24N4O4S. The van der Waals surface area contributed by atoms with Crippen LogP contribution < -0.4 is 10.1 Å². The molecule has 1 aliphatic rings. The summed E-state index contributed by atoms with van der Waals surface area (Å²) >= 11 is 1.28. The molecule has 1 amide bonds. The molecule has 1 aliphatic heterocycles. The van der Waals surface area contributed by atoms with Gasteiger partial charge in [-0.25, -0.2) is 14.8 Å². The van der Waals surface area contributed by atoms with Crippen molar-refractivity contribution in [2.45, 2.75) is 12.5 Å². The number of carbonyl (C=O) groups excluding carboxylic acids is 2. The van der Waals surface area contributed by atoms with E-state index < -0.39 is 18.5 Å². The number of amides is 1. The van der Waals surface area contributed by atoms with Gasteiger partial charge in [0.15, 0.2) is 17.4 Å². The topological polar surface area (TPSA) is 93.1 Å². The number of esters is 1. The van der Waals surface area contributed by atoms with Gasteiger partial charge < -0.3 is 14.8 Å². The van der Waals surface area contributed by atoms with Crippen molar-refractivity contribution in [3.63, 3.8) is 0 Å². The zero-order valence-corrected chi connectivity index (χ0v) is 19.5. The Bertz CT molecular complexity index is 1190. The quantitative estimate of drug-likeness (QED) is 0.366. The maximum absolute atomic E-state index is 13.1. The standard InChI is InChI=1S/C25H24N4O4S/c1-3-13-26-25-27-21(16-34-25)24(31)33-15-23(30)29-22(18-9-11-19(32-2)12-10-18)14-20(28-29)17-7-5-4-6-8-17/h3-12,16,22H,1,13-15H2,2H3,(H,26,27)/t22-/m1/s1. The molecule has 0 spiro atoms. The minimum atomic E-state index is -0.663. The lowest BCUT2D eigenvalue weighted by atomic mass is 9.98. The number of nitrogens with one attached hydrogen (secondary N) is 1. The molecule has 1 atom stereocenters. The molecule has 0 saturated heterocycles. The molecule has 0 fully saturated rings. The van der Waals surface area contributed by atoms with E-state index in [-0.39, 0.29) is 11.7 Å². The van der Waals surface area contributed by atoms with Crippen LogP contribution in [0.4, 0.5) is 5.13 Å².